The third-order valence-corrected chi connectivity index (χ3v) is 5.79. The van der Waals surface area contributed by atoms with Gasteiger partial charge in [-0.25, -0.2) is 20.3 Å². The molecule has 11 heteroatoms. The van der Waals surface area contributed by atoms with Gasteiger partial charge < -0.3 is 25.2 Å². The smallest absolute Gasteiger partial charge is 0.276 e. The number of anilines is 5. The lowest BCUT2D eigenvalue weighted by atomic mass is 10.1. The first-order valence-corrected chi connectivity index (χ1v) is 11.3. The van der Waals surface area contributed by atoms with E-state index in [2.05, 4.69) is 47.8 Å². The first kappa shape index (κ1) is 24.7. The van der Waals surface area contributed by atoms with E-state index < -0.39 is 5.91 Å². The van der Waals surface area contributed by atoms with Gasteiger partial charge >= 0.3 is 0 Å². The molecule has 1 amide bonds. The monoisotopic (exact) mass is 488 g/mol. The minimum atomic E-state index is -0.424. The fourth-order valence-corrected chi connectivity index (χ4v) is 3.87. The average Bonchev–Trinajstić information content (AvgIpc) is 2.90. The van der Waals surface area contributed by atoms with E-state index in [1.54, 1.807) is 31.4 Å². The molecule has 36 heavy (non-hydrogen) atoms. The maximum absolute atomic E-state index is 12.4. The van der Waals surface area contributed by atoms with Crippen LogP contribution in [0, 0.1) is 6.57 Å². The zero-order valence-corrected chi connectivity index (χ0v) is 20.4. The Hall–Kier alpha value is -4.40. The fraction of sp³-hybridized carbons (Fsp3) is 0.280. The summed E-state index contributed by atoms with van der Waals surface area (Å²) in [4.78, 5) is 34.0. The van der Waals surface area contributed by atoms with Crippen LogP contribution in [-0.2, 0) is 4.84 Å². The van der Waals surface area contributed by atoms with Crippen LogP contribution in [0.25, 0.3) is 4.85 Å². The molecule has 0 unspecified atom stereocenters. The van der Waals surface area contributed by atoms with Crippen molar-refractivity contribution in [3.8, 4) is 5.75 Å². The number of carbonyl (C=O) groups is 1. The van der Waals surface area contributed by atoms with Gasteiger partial charge in [0.2, 0.25) is 11.6 Å². The maximum atomic E-state index is 12.4. The number of piperazine rings is 1. The van der Waals surface area contributed by atoms with E-state index in [1.165, 1.54) is 13.3 Å². The summed E-state index contributed by atoms with van der Waals surface area (Å²) >= 11 is 0. The number of amides is 1. The SMILES string of the molecule is [C-]#[N+]c1cnc(Nc2ccc(OC)c(N3CCN(C)CC3)c2)nc1Nc1ccccc1C(=O)NOC. The number of ether oxygens (including phenoxy) is 1. The Morgan fingerprint density at radius 3 is 2.58 bits per heavy atom. The number of methoxy groups -OCH3 is 1. The van der Waals surface area contributed by atoms with Gasteiger partial charge in [-0.3, -0.25) is 9.63 Å². The standard InChI is InChI=1S/C25H28N8O3/c1-26-20-16-27-25(30-23(20)29-19-8-6-5-7-18(19)24(34)31-36-4)28-17-9-10-22(35-3)21(15-17)33-13-11-32(2)12-14-33/h5-10,15-16H,11-14H2,2-4H3,(H,31,34)(H2,27,28,29,30). The number of hydrogen-bond acceptors (Lipinski definition) is 9. The third-order valence-electron chi connectivity index (χ3n) is 5.79. The number of nitrogens with one attached hydrogen (secondary N) is 3. The zero-order chi connectivity index (χ0) is 25.5. The molecule has 0 aliphatic carbocycles. The Balaban J connectivity index is 1.60. The Morgan fingerprint density at radius 2 is 1.86 bits per heavy atom. The first-order chi connectivity index (χ1) is 17.5. The molecule has 2 aromatic carbocycles. The number of aromatic nitrogens is 2. The van der Waals surface area contributed by atoms with Crippen LogP contribution in [-0.4, -0.2) is 68.2 Å². The summed E-state index contributed by atoms with van der Waals surface area (Å²) in [7, 11) is 5.14. The second-order valence-corrected chi connectivity index (χ2v) is 8.15. The summed E-state index contributed by atoms with van der Waals surface area (Å²) in [6.45, 7) is 11.3. The summed E-state index contributed by atoms with van der Waals surface area (Å²) in [5, 5.41) is 6.31. The van der Waals surface area contributed by atoms with Crippen molar-refractivity contribution in [3.05, 3.63) is 65.6 Å². The van der Waals surface area contributed by atoms with Crippen molar-refractivity contribution < 1.29 is 14.4 Å². The lowest BCUT2D eigenvalue weighted by molar-refractivity contribution is 0.0538. The molecule has 3 aromatic rings. The topological polar surface area (TPSA) is 108 Å². The Bertz CT molecular complexity index is 1270. The molecule has 0 atom stereocenters. The number of hydroxylamine groups is 1. The Morgan fingerprint density at radius 1 is 1.08 bits per heavy atom. The molecular formula is C25H28N8O3. The Labute approximate surface area is 209 Å². The van der Waals surface area contributed by atoms with Gasteiger partial charge in [-0.2, -0.15) is 0 Å². The van der Waals surface area contributed by atoms with E-state index in [1.807, 2.05) is 18.2 Å². The molecule has 4 rings (SSSR count). The lowest BCUT2D eigenvalue weighted by Gasteiger charge is -2.34. The van der Waals surface area contributed by atoms with Crippen LogP contribution in [0.2, 0.25) is 0 Å². The molecule has 1 aliphatic rings. The van der Waals surface area contributed by atoms with Gasteiger partial charge in [-0.05, 0) is 37.4 Å². The number of likely N-dealkylation sites (N-methyl/N-ethyl adjacent to an activating group) is 1. The molecule has 186 valence electrons. The quantitative estimate of drug-likeness (QED) is 0.324. The van der Waals surface area contributed by atoms with E-state index in [0.717, 1.165) is 43.3 Å². The highest BCUT2D eigenvalue weighted by molar-refractivity contribution is 6.00. The van der Waals surface area contributed by atoms with Crippen molar-refractivity contribution in [1.29, 1.82) is 0 Å². The molecule has 1 aliphatic heterocycles. The second kappa shape index (κ2) is 11.4. The van der Waals surface area contributed by atoms with Crippen molar-refractivity contribution in [2.45, 2.75) is 0 Å². The number of benzene rings is 2. The number of para-hydroxylation sites is 1. The van der Waals surface area contributed by atoms with Crippen LogP contribution in [0.15, 0.2) is 48.7 Å². The molecular weight excluding hydrogens is 460 g/mol. The van der Waals surface area contributed by atoms with Crippen molar-refractivity contribution in [3.63, 3.8) is 0 Å². The second-order valence-electron chi connectivity index (χ2n) is 8.15. The number of carbonyl (C=O) groups excluding carboxylic acids is 1. The van der Waals surface area contributed by atoms with Crippen molar-refractivity contribution >= 4 is 40.4 Å². The van der Waals surface area contributed by atoms with Crippen LogP contribution in [0.3, 0.4) is 0 Å². The molecule has 2 heterocycles. The van der Waals surface area contributed by atoms with Gasteiger partial charge in [0.05, 0.1) is 37.7 Å². The van der Waals surface area contributed by atoms with Gasteiger partial charge in [0, 0.05) is 38.1 Å². The highest BCUT2D eigenvalue weighted by Crippen LogP contribution is 2.34. The summed E-state index contributed by atoms with van der Waals surface area (Å²) in [5.41, 5.74) is 5.11. The average molecular weight is 489 g/mol. The van der Waals surface area contributed by atoms with E-state index >= 15 is 0 Å². The summed E-state index contributed by atoms with van der Waals surface area (Å²) in [6.07, 6.45) is 1.44. The Kier molecular flexibility index (Phi) is 7.79. The predicted molar refractivity (Wildman–Crippen MR) is 138 cm³/mol. The number of rotatable bonds is 8. The molecule has 1 aromatic heterocycles. The van der Waals surface area contributed by atoms with Gasteiger partial charge in [0.15, 0.2) is 0 Å². The van der Waals surface area contributed by atoms with E-state index in [9.17, 15) is 4.79 Å². The normalized spacial score (nSPS) is 13.6. The summed E-state index contributed by atoms with van der Waals surface area (Å²) < 4.78 is 5.60. The molecule has 3 N–H and O–H groups in total. The lowest BCUT2D eigenvalue weighted by Crippen LogP contribution is -2.44. The highest BCUT2D eigenvalue weighted by atomic mass is 16.6. The van der Waals surface area contributed by atoms with Crippen molar-refractivity contribution in [2.24, 2.45) is 0 Å². The van der Waals surface area contributed by atoms with Gasteiger partial charge in [-0.1, -0.05) is 12.1 Å². The third kappa shape index (κ3) is 5.63. The minimum Gasteiger partial charge on any atom is -0.495 e. The van der Waals surface area contributed by atoms with E-state index in [-0.39, 0.29) is 11.5 Å². The molecule has 1 saturated heterocycles. The molecule has 0 radical (unpaired) electrons. The van der Waals surface area contributed by atoms with Crippen LogP contribution in [0.4, 0.5) is 34.5 Å². The van der Waals surface area contributed by atoms with Crippen molar-refractivity contribution in [1.82, 2.24) is 20.3 Å². The number of nitrogens with zero attached hydrogens (tertiary/aromatic N) is 5. The van der Waals surface area contributed by atoms with E-state index in [0.29, 0.717) is 17.2 Å². The van der Waals surface area contributed by atoms with Gasteiger partial charge in [0.1, 0.15) is 11.6 Å². The fourth-order valence-electron chi connectivity index (χ4n) is 3.87. The number of hydrogen-bond donors (Lipinski definition) is 3. The first-order valence-electron chi connectivity index (χ1n) is 11.3. The molecule has 0 bridgehead atoms. The van der Waals surface area contributed by atoms with Gasteiger partial charge in [-0.15, -0.1) is 0 Å². The molecule has 0 saturated carbocycles. The van der Waals surface area contributed by atoms with Gasteiger partial charge in [0.25, 0.3) is 5.91 Å². The predicted octanol–water partition coefficient (Wildman–Crippen LogP) is 3.57. The highest BCUT2D eigenvalue weighted by Gasteiger charge is 2.19. The van der Waals surface area contributed by atoms with Crippen LogP contribution in [0.5, 0.6) is 5.75 Å². The summed E-state index contributed by atoms with van der Waals surface area (Å²) in [6, 6.07) is 12.7. The molecule has 1 fully saturated rings. The van der Waals surface area contributed by atoms with Crippen LogP contribution in [0.1, 0.15) is 10.4 Å². The molecule has 0 spiro atoms. The van der Waals surface area contributed by atoms with Crippen molar-refractivity contribution in [2.75, 3.05) is 63.0 Å². The minimum absolute atomic E-state index is 0.218. The summed E-state index contributed by atoms with van der Waals surface area (Å²) in [5.74, 6) is 0.945. The van der Waals surface area contributed by atoms with E-state index in [4.69, 9.17) is 16.1 Å². The largest absolute Gasteiger partial charge is 0.495 e. The maximum Gasteiger partial charge on any atom is 0.276 e. The zero-order valence-electron chi connectivity index (χ0n) is 20.4. The van der Waals surface area contributed by atoms with Crippen LogP contribution >= 0.6 is 0 Å². The van der Waals surface area contributed by atoms with Crippen LogP contribution < -0.4 is 25.8 Å². The molecule has 11 nitrogen and oxygen atoms in total.